The largest absolute Gasteiger partial charge is 0.0776 e. The number of fused-ring (bicyclic) bond motifs is 12. The second-order valence-electron chi connectivity index (χ2n) is 62.0. The fraction of sp³-hybridized carbons (Fsp3) is 1.00. The van der Waals surface area contributed by atoms with Crippen LogP contribution >= 0.6 is 0 Å². The average molecular weight is 1740 g/mol. The minimum absolute atomic E-state index is 0. The normalized spacial score (nSPS) is 50.7. The molecule has 0 spiro atoms. The predicted molar refractivity (Wildman–Crippen MR) is 562 cm³/mol. The fourth-order valence-corrected chi connectivity index (χ4v) is 44.1. The summed E-state index contributed by atoms with van der Waals surface area (Å²) in [5, 5.41) is 0. The maximum atomic E-state index is 2.61. The van der Waals surface area contributed by atoms with E-state index in [1.165, 1.54) is 225 Å². The molecule has 21 fully saturated rings. The minimum Gasteiger partial charge on any atom is -0.0776 e. The van der Waals surface area contributed by atoms with Crippen LogP contribution in [0.4, 0.5) is 0 Å². The molecule has 0 radical (unpaired) electrons. The van der Waals surface area contributed by atoms with Crippen molar-refractivity contribution in [3.63, 3.8) is 0 Å². The van der Waals surface area contributed by atoms with Crippen molar-refractivity contribution in [3.8, 4) is 0 Å². The molecule has 21 aliphatic carbocycles. The van der Waals surface area contributed by atoms with Crippen molar-refractivity contribution >= 4 is 0 Å². The molecule has 0 N–H and O–H groups in total. The molecule has 125 heavy (non-hydrogen) atoms. The fourth-order valence-electron chi connectivity index (χ4n) is 44.1. The van der Waals surface area contributed by atoms with Gasteiger partial charge in [0, 0.05) is 0 Å². The highest BCUT2D eigenvalue weighted by molar-refractivity contribution is 5.18. The Morgan fingerprint density at radius 3 is 0.864 bits per heavy atom. The van der Waals surface area contributed by atoms with Gasteiger partial charge in [-0.3, -0.25) is 0 Å². The summed E-state index contributed by atoms with van der Waals surface area (Å²) in [6.07, 6.45) is 58.4. The summed E-state index contributed by atoms with van der Waals surface area (Å²) in [6, 6.07) is 0. The lowest BCUT2D eigenvalue weighted by Gasteiger charge is -2.68. The molecule has 0 amide bonds. The zero-order valence-corrected chi connectivity index (χ0v) is 90.4. The van der Waals surface area contributed by atoms with Crippen LogP contribution in [0.25, 0.3) is 0 Å². The van der Waals surface area contributed by atoms with Crippen LogP contribution in [0, 0.1) is 239 Å². The number of hydrogen-bond donors (Lipinski definition) is 0. The predicted octanol–water partition coefficient (Wildman–Crippen LogP) is 41.2. The molecule has 0 heteroatoms. The standard InChI is InChI=1S/C17H32.C16H30.C15H26.3C15H28.C14H24.C14H26.4CH4/c1-12(2)17(7)15(5)8-13(3)9-16(17,6)11-14(4)10-15;1-11(2)14-15(5)7-12(3)8-16(14,6)10-13(4)9-15;1-11(2)15-7-12-5-13(3,9-15)8-14(4,6-12)10-15;1-11(2)15-8-12(3)6-14(5,10-15)7-13(4)9-15;2*1-11(2)13-8-14(4)6-12(3)7-15(5,9-13)10-14;1-10(2)14-8-12(3)5-11(14)6-13(4,7-12)9-14;1-10(2)5-6-11-7-8-12-9-13(11)14(12,3)4;;;;/h12-14H,8-11H2,1-7H3;11-14H,7-10H2,1-6H3;11-12H,5-10H2,1-4H3;3*11-13H,6-10H2,1-5H3;10-11H,5-9H2,1-4H3;10-13H,5-9H2,1-4H3;4*1H4/t;;;;;;;11-,12+,13+;;;;/m.......1..../s1. The molecular formula is C125H238. The van der Waals surface area contributed by atoms with Gasteiger partial charge in [0.25, 0.3) is 0 Å². The first kappa shape index (κ1) is 112. The Balaban J connectivity index is 0.000000195. The highest BCUT2D eigenvalue weighted by Crippen LogP contribution is 2.78. The van der Waals surface area contributed by atoms with E-state index in [4.69, 9.17) is 0 Å². The van der Waals surface area contributed by atoms with E-state index in [9.17, 15) is 0 Å². The minimum atomic E-state index is 0. The van der Waals surface area contributed by atoms with Crippen LogP contribution in [-0.4, -0.2) is 0 Å². The highest BCUT2D eigenvalue weighted by atomic mass is 14.7. The lowest BCUT2D eigenvalue weighted by atomic mass is 9.36. The van der Waals surface area contributed by atoms with E-state index in [1.807, 2.05) is 0 Å². The molecule has 10 unspecified atom stereocenters. The Morgan fingerprint density at radius 2 is 0.576 bits per heavy atom. The molecule has 0 aromatic rings. The van der Waals surface area contributed by atoms with Crippen LogP contribution < -0.4 is 0 Å². The molecule has 21 aliphatic rings. The maximum Gasteiger partial charge on any atom is -0.0195 e. The van der Waals surface area contributed by atoms with Gasteiger partial charge in [0.1, 0.15) is 0 Å². The van der Waals surface area contributed by atoms with E-state index < -0.39 is 0 Å². The zero-order valence-electron chi connectivity index (χ0n) is 90.4. The molecule has 0 saturated heterocycles. The first-order valence-electron chi connectivity index (χ1n) is 55.1. The summed E-state index contributed by atoms with van der Waals surface area (Å²) in [4.78, 5) is 0. The highest BCUT2D eigenvalue weighted by Gasteiger charge is 2.68. The molecular weight excluding hydrogens is 1500 g/mol. The Hall–Kier alpha value is 0. The van der Waals surface area contributed by atoms with Crippen molar-refractivity contribution in [1.82, 2.24) is 0 Å². The Labute approximate surface area is 791 Å². The number of rotatable bonds is 10. The zero-order chi connectivity index (χ0) is 90.4. The van der Waals surface area contributed by atoms with Crippen LogP contribution in [0.2, 0.25) is 0 Å². The van der Waals surface area contributed by atoms with Crippen molar-refractivity contribution < 1.29 is 0 Å². The van der Waals surface area contributed by atoms with Crippen LogP contribution in [0.3, 0.4) is 0 Å². The molecule has 738 valence electrons. The van der Waals surface area contributed by atoms with Gasteiger partial charge >= 0.3 is 0 Å². The first-order valence-corrected chi connectivity index (χ1v) is 55.1. The SMILES string of the molecule is C.C.C.C.CC(C)C12CC3(C)CC1CC(C)(C3)C2.CC(C)C12CC3CC(C)(CC(C)(C3)C1)C2.CC(C)CC[C@@H]1CC[C@H]2C[C@@H]1C2(C)C.CC1CC2(C)CC(C(C)C)CC(C)(C1)C2.CC1CC2(C)CC(C(C)C)CC(C)(C1)C2.CC1CC2(C)CC(C)CC(C(C)C)(C1)C2.CC1CC2(C)CC(C)CC(C)(C1)C2(C)C(C)C.CC1CC2(C)CC(C)CC(C)(C1)C2C(C)C. The Kier molecular flexibility index (Phi) is 35.0. The molecule has 21 rings (SSSR count). The summed E-state index contributed by atoms with van der Waals surface area (Å²) in [7, 11) is 0. The van der Waals surface area contributed by atoms with Crippen LogP contribution in [0.1, 0.15) is 557 Å². The summed E-state index contributed by atoms with van der Waals surface area (Å²) in [6.45, 7) is 99.8. The van der Waals surface area contributed by atoms with Crippen LogP contribution in [0.5, 0.6) is 0 Å². The van der Waals surface area contributed by atoms with Gasteiger partial charge in [-0.05, 0) is 483 Å². The lowest BCUT2D eigenvalue weighted by molar-refractivity contribution is -0.195. The topological polar surface area (TPSA) is 0 Å². The van der Waals surface area contributed by atoms with E-state index in [0.717, 1.165) is 164 Å². The van der Waals surface area contributed by atoms with E-state index in [-0.39, 0.29) is 29.7 Å². The number of hydrogen-bond acceptors (Lipinski definition) is 0. The smallest absolute Gasteiger partial charge is 0.0195 e. The third-order valence-corrected chi connectivity index (χ3v) is 44.3. The van der Waals surface area contributed by atoms with Crippen LogP contribution in [-0.2, 0) is 0 Å². The summed E-state index contributed by atoms with van der Waals surface area (Å²) >= 11 is 0. The van der Waals surface area contributed by atoms with E-state index >= 15 is 0 Å². The molecule has 20 bridgehead atoms. The second kappa shape index (κ2) is 39.1. The van der Waals surface area contributed by atoms with Gasteiger partial charge < -0.3 is 0 Å². The van der Waals surface area contributed by atoms with Crippen LogP contribution in [0.15, 0.2) is 0 Å². The van der Waals surface area contributed by atoms with Crippen molar-refractivity contribution in [3.05, 3.63) is 0 Å². The van der Waals surface area contributed by atoms with Crippen molar-refractivity contribution in [2.24, 2.45) is 239 Å². The van der Waals surface area contributed by atoms with Gasteiger partial charge in [0.05, 0.1) is 0 Å². The van der Waals surface area contributed by atoms with Crippen molar-refractivity contribution in [2.75, 3.05) is 0 Å². The summed E-state index contributed by atoms with van der Waals surface area (Å²) < 4.78 is 0. The molecule has 0 aromatic carbocycles. The van der Waals surface area contributed by atoms with Gasteiger partial charge in [0.15, 0.2) is 0 Å². The summed E-state index contributed by atoms with van der Waals surface area (Å²) in [5.74, 6) is 22.9. The van der Waals surface area contributed by atoms with Gasteiger partial charge in [-0.2, -0.15) is 0 Å². The summed E-state index contributed by atoms with van der Waals surface area (Å²) in [5.41, 5.74) is 11.9. The quantitative estimate of drug-likeness (QED) is 0.205. The lowest BCUT2D eigenvalue weighted by Crippen LogP contribution is -2.61. The second-order valence-corrected chi connectivity index (χ2v) is 62.0. The molecule has 21 saturated carbocycles. The third-order valence-electron chi connectivity index (χ3n) is 44.3. The Morgan fingerprint density at radius 1 is 0.264 bits per heavy atom. The molecule has 0 heterocycles. The maximum absolute atomic E-state index is 2.61. The first-order chi connectivity index (χ1) is 55.1. The molecule has 0 aliphatic heterocycles. The van der Waals surface area contributed by atoms with Gasteiger partial charge in [-0.1, -0.05) is 313 Å². The van der Waals surface area contributed by atoms with Gasteiger partial charge in [-0.25, -0.2) is 0 Å². The molecule has 13 atom stereocenters. The molecule has 0 aromatic heterocycles. The monoisotopic (exact) mass is 1740 g/mol. The Bertz CT molecular complexity index is 3100. The molecule has 0 nitrogen and oxygen atoms in total. The van der Waals surface area contributed by atoms with Crippen molar-refractivity contribution in [2.45, 2.75) is 557 Å². The van der Waals surface area contributed by atoms with Crippen molar-refractivity contribution in [1.29, 1.82) is 0 Å². The third kappa shape index (κ3) is 23.4. The van der Waals surface area contributed by atoms with Gasteiger partial charge in [0.2, 0.25) is 0 Å². The van der Waals surface area contributed by atoms with E-state index in [2.05, 4.69) is 277 Å². The van der Waals surface area contributed by atoms with E-state index in [1.54, 1.807) is 25.7 Å². The average Bonchev–Trinajstić information content (AvgIpc) is 0.761. The van der Waals surface area contributed by atoms with Gasteiger partial charge in [-0.15, -0.1) is 0 Å². The van der Waals surface area contributed by atoms with E-state index in [0.29, 0.717) is 75.8 Å².